The number of hydrogen-bond acceptors (Lipinski definition) is 2. The Hall–Kier alpha value is -1.06. The summed E-state index contributed by atoms with van der Waals surface area (Å²) in [5.41, 5.74) is 8.15. The average molecular weight is 295 g/mol. The average Bonchev–Trinajstić information content (AvgIpc) is 3.08. The van der Waals surface area contributed by atoms with Crippen LogP contribution in [0.15, 0.2) is 24.3 Å². The van der Waals surface area contributed by atoms with Gasteiger partial charge in [-0.05, 0) is 37.8 Å². The number of nitrogens with zero attached hydrogens (tertiary/aromatic N) is 1. The van der Waals surface area contributed by atoms with Crippen molar-refractivity contribution in [2.75, 3.05) is 11.4 Å². The van der Waals surface area contributed by atoms with E-state index in [4.69, 9.17) is 5.73 Å². The number of carbonyl (C=O) groups excluding carboxylic acids is 1. The zero-order valence-electron chi connectivity index (χ0n) is 12.2. The fourth-order valence-electron chi connectivity index (χ4n) is 3.32. The molecule has 0 radical (unpaired) electrons. The van der Waals surface area contributed by atoms with Gasteiger partial charge in [0.05, 0.1) is 5.54 Å². The Balaban J connectivity index is 0.00000147. The SMILES string of the molecule is CCCC(C)(N)C(=O)N1CC2(CC2)c2ccccc21.Cl. The second-order valence-corrected chi connectivity index (χ2v) is 6.36. The lowest BCUT2D eigenvalue weighted by Gasteiger charge is -2.29. The van der Waals surface area contributed by atoms with Crippen molar-refractivity contribution in [2.45, 2.75) is 50.5 Å². The topological polar surface area (TPSA) is 46.3 Å². The Morgan fingerprint density at radius 3 is 2.65 bits per heavy atom. The molecule has 3 rings (SSSR count). The smallest absolute Gasteiger partial charge is 0.246 e. The van der Waals surface area contributed by atoms with E-state index in [-0.39, 0.29) is 23.7 Å². The number of benzene rings is 1. The molecule has 110 valence electrons. The first-order chi connectivity index (χ1) is 9.00. The maximum Gasteiger partial charge on any atom is 0.246 e. The quantitative estimate of drug-likeness (QED) is 0.931. The third-order valence-electron chi connectivity index (χ3n) is 4.58. The third-order valence-corrected chi connectivity index (χ3v) is 4.58. The molecule has 1 saturated carbocycles. The van der Waals surface area contributed by atoms with Gasteiger partial charge in [0.1, 0.15) is 0 Å². The normalized spacial score (nSPS) is 21.1. The zero-order chi connectivity index (χ0) is 13.7. The van der Waals surface area contributed by atoms with Gasteiger partial charge in [-0.3, -0.25) is 4.79 Å². The first-order valence-electron chi connectivity index (χ1n) is 7.20. The molecule has 0 saturated heterocycles. The fourth-order valence-corrected chi connectivity index (χ4v) is 3.32. The van der Waals surface area contributed by atoms with Crippen molar-refractivity contribution in [2.24, 2.45) is 5.73 Å². The maximum absolute atomic E-state index is 12.7. The lowest BCUT2D eigenvalue weighted by atomic mass is 9.95. The molecule has 1 spiro atoms. The van der Waals surface area contributed by atoms with Crippen LogP contribution < -0.4 is 10.6 Å². The Morgan fingerprint density at radius 2 is 2.05 bits per heavy atom. The van der Waals surface area contributed by atoms with Crippen molar-refractivity contribution >= 4 is 24.0 Å². The molecule has 0 aromatic heterocycles. The molecule has 1 atom stereocenters. The van der Waals surface area contributed by atoms with Gasteiger partial charge in [-0.15, -0.1) is 12.4 Å². The molecular weight excluding hydrogens is 272 g/mol. The maximum atomic E-state index is 12.7. The minimum atomic E-state index is -0.748. The van der Waals surface area contributed by atoms with Crippen LogP contribution in [0, 0.1) is 0 Å². The van der Waals surface area contributed by atoms with Crippen LogP contribution in [-0.4, -0.2) is 18.0 Å². The number of para-hydroxylation sites is 1. The first kappa shape index (κ1) is 15.3. The second-order valence-electron chi connectivity index (χ2n) is 6.36. The molecule has 1 aromatic carbocycles. The molecule has 4 heteroatoms. The van der Waals surface area contributed by atoms with E-state index in [0.29, 0.717) is 0 Å². The van der Waals surface area contributed by atoms with E-state index in [9.17, 15) is 4.79 Å². The highest BCUT2D eigenvalue weighted by Gasteiger charge is 2.53. The van der Waals surface area contributed by atoms with Gasteiger partial charge in [-0.25, -0.2) is 0 Å². The van der Waals surface area contributed by atoms with Gasteiger partial charge in [0.25, 0.3) is 0 Å². The van der Waals surface area contributed by atoms with E-state index >= 15 is 0 Å². The van der Waals surface area contributed by atoms with Crippen molar-refractivity contribution in [3.8, 4) is 0 Å². The van der Waals surface area contributed by atoms with Crippen LogP contribution in [0.5, 0.6) is 0 Å². The van der Waals surface area contributed by atoms with Gasteiger partial charge in [0, 0.05) is 17.6 Å². The molecule has 1 fully saturated rings. The van der Waals surface area contributed by atoms with Crippen LogP contribution in [-0.2, 0) is 10.2 Å². The van der Waals surface area contributed by atoms with Gasteiger partial charge in [0.2, 0.25) is 5.91 Å². The number of amides is 1. The van der Waals surface area contributed by atoms with E-state index in [2.05, 4.69) is 25.1 Å². The summed E-state index contributed by atoms with van der Waals surface area (Å²) in [4.78, 5) is 14.7. The summed E-state index contributed by atoms with van der Waals surface area (Å²) < 4.78 is 0. The summed E-state index contributed by atoms with van der Waals surface area (Å²) in [5, 5.41) is 0. The molecule has 1 amide bonds. The van der Waals surface area contributed by atoms with Crippen LogP contribution in [0.1, 0.15) is 45.1 Å². The van der Waals surface area contributed by atoms with E-state index in [1.165, 1.54) is 18.4 Å². The highest BCUT2D eigenvalue weighted by molar-refractivity contribution is 6.02. The number of fused-ring (bicyclic) bond motifs is 2. The third kappa shape index (κ3) is 2.23. The number of hydrogen-bond donors (Lipinski definition) is 1. The van der Waals surface area contributed by atoms with E-state index in [1.54, 1.807) is 0 Å². The van der Waals surface area contributed by atoms with Crippen molar-refractivity contribution in [3.05, 3.63) is 29.8 Å². The molecule has 2 aliphatic rings. The highest BCUT2D eigenvalue weighted by atomic mass is 35.5. The highest BCUT2D eigenvalue weighted by Crippen LogP contribution is 2.56. The van der Waals surface area contributed by atoms with Crippen molar-refractivity contribution in [3.63, 3.8) is 0 Å². The second kappa shape index (κ2) is 5.05. The Labute approximate surface area is 126 Å². The van der Waals surface area contributed by atoms with Gasteiger partial charge in [0.15, 0.2) is 0 Å². The van der Waals surface area contributed by atoms with Crippen molar-refractivity contribution in [1.82, 2.24) is 0 Å². The summed E-state index contributed by atoms with van der Waals surface area (Å²) >= 11 is 0. The Kier molecular flexibility index (Phi) is 3.87. The summed E-state index contributed by atoms with van der Waals surface area (Å²) in [6, 6.07) is 8.31. The molecule has 1 aromatic rings. The summed E-state index contributed by atoms with van der Waals surface area (Å²) in [5.74, 6) is 0.0746. The van der Waals surface area contributed by atoms with Crippen LogP contribution in [0.2, 0.25) is 0 Å². The largest absolute Gasteiger partial charge is 0.318 e. The molecule has 0 bridgehead atoms. The number of nitrogens with two attached hydrogens (primary N) is 1. The number of anilines is 1. The van der Waals surface area contributed by atoms with E-state index in [0.717, 1.165) is 25.1 Å². The molecular formula is C16H23ClN2O. The molecule has 2 N–H and O–H groups in total. The van der Waals surface area contributed by atoms with Crippen molar-refractivity contribution < 1.29 is 4.79 Å². The van der Waals surface area contributed by atoms with Crippen molar-refractivity contribution in [1.29, 1.82) is 0 Å². The van der Waals surface area contributed by atoms with Crippen LogP contribution in [0.4, 0.5) is 5.69 Å². The van der Waals surface area contributed by atoms with Gasteiger partial charge in [-0.1, -0.05) is 31.5 Å². The van der Waals surface area contributed by atoms with Crippen LogP contribution in [0.3, 0.4) is 0 Å². The number of rotatable bonds is 3. The monoisotopic (exact) mass is 294 g/mol. The number of halogens is 1. The van der Waals surface area contributed by atoms with Gasteiger partial charge >= 0.3 is 0 Å². The summed E-state index contributed by atoms with van der Waals surface area (Å²) in [7, 11) is 0. The predicted octanol–water partition coefficient (Wildman–Crippen LogP) is 3.00. The molecule has 20 heavy (non-hydrogen) atoms. The Morgan fingerprint density at radius 1 is 1.40 bits per heavy atom. The number of carbonyl (C=O) groups is 1. The van der Waals surface area contributed by atoms with Crippen LogP contribution in [0.25, 0.3) is 0 Å². The first-order valence-corrected chi connectivity index (χ1v) is 7.20. The van der Waals surface area contributed by atoms with E-state index < -0.39 is 5.54 Å². The molecule has 1 aliphatic heterocycles. The summed E-state index contributed by atoms with van der Waals surface area (Å²) in [6.07, 6.45) is 4.06. The molecule has 3 nitrogen and oxygen atoms in total. The predicted molar refractivity (Wildman–Crippen MR) is 84.5 cm³/mol. The van der Waals surface area contributed by atoms with Gasteiger partial charge in [-0.2, -0.15) is 0 Å². The minimum Gasteiger partial charge on any atom is -0.318 e. The standard InChI is InChI=1S/C16H22N2O.ClH/c1-3-8-15(2,17)14(19)18-11-16(9-10-16)12-6-4-5-7-13(12)18;/h4-7H,3,8-11,17H2,1-2H3;1H. The zero-order valence-corrected chi connectivity index (χ0v) is 13.0. The summed E-state index contributed by atoms with van der Waals surface area (Å²) in [6.45, 7) is 4.75. The Bertz CT molecular complexity index is 523. The van der Waals surface area contributed by atoms with E-state index in [1.807, 2.05) is 17.9 Å². The molecule has 1 aliphatic carbocycles. The van der Waals surface area contributed by atoms with Crippen LogP contribution >= 0.6 is 12.4 Å². The molecule has 1 heterocycles. The van der Waals surface area contributed by atoms with Gasteiger partial charge < -0.3 is 10.6 Å². The lowest BCUT2D eigenvalue weighted by molar-refractivity contribution is -0.123. The fraction of sp³-hybridized carbons (Fsp3) is 0.562. The molecule has 1 unspecified atom stereocenters. The minimum absolute atomic E-state index is 0. The lowest BCUT2D eigenvalue weighted by Crippen LogP contribution is -2.53.